The second kappa shape index (κ2) is 8.26. The monoisotopic (exact) mass is 354 g/mol. The molecule has 0 saturated heterocycles. The minimum absolute atomic E-state index is 1.32. The number of halogens is 8. The van der Waals surface area contributed by atoms with E-state index in [1.807, 2.05) is 0 Å². The molecule has 0 N–H and O–H groups in total. The molecule has 2 atom stereocenters. The van der Waals surface area contributed by atoms with E-state index < -0.39 is 39.2 Å². The zero-order valence-electron chi connectivity index (χ0n) is 10.5. The predicted octanol–water partition coefficient (Wildman–Crippen LogP) is 4.44. The topological polar surface area (TPSA) is 34.1 Å². The van der Waals surface area contributed by atoms with E-state index >= 15 is 0 Å². The molecular formula is C9H14ClF7O2S. The molecule has 0 amide bonds. The van der Waals surface area contributed by atoms with Gasteiger partial charge in [-0.15, -0.1) is 0 Å². The van der Waals surface area contributed by atoms with Crippen LogP contribution in [0.25, 0.3) is 0 Å². The third-order valence-electron chi connectivity index (χ3n) is 1.97. The van der Waals surface area contributed by atoms with Crippen molar-refractivity contribution < 1.29 is 39.2 Å². The molecule has 2 nitrogen and oxygen atoms in total. The normalized spacial score (nSPS) is 16.1. The van der Waals surface area contributed by atoms with Crippen molar-refractivity contribution in [2.75, 3.05) is 5.75 Å². The quantitative estimate of drug-likeness (QED) is 0.552. The first-order valence-electron chi connectivity index (χ1n) is 5.36. The van der Waals surface area contributed by atoms with Crippen LogP contribution in [0.1, 0.15) is 26.7 Å². The highest BCUT2D eigenvalue weighted by molar-refractivity contribution is 8.13. The van der Waals surface area contributed by atoms with Crippen LogP contribution in [0, 0.1) is 5.92 Å². The van der Waals surface area contributed by atoms with Gasteiger partial charge in [-0.1, -0.05) is 26.7 Å². The van der Waals surface area contributed by atoms with Crippen LogP contribution in [0.15, 0.2) is 0 Å². The number of unbranched alkanes of at least 4 members (excludes halogenated alkanes) is 1. The van der Waals surface area contributed by atoms with Crippen LogP contribution < -0.4 is 0 Å². The maximum atomic E-state index is 12.4. The van der Waals surface area contributed by atoms with Crippen molar-refractivity contribution in [3.05, 3.63) is 0 Å². The van der Waals surface area contributed by atoms with Gasteiger partial charge in [-0.2, -0.15) is 26.3 Å². The molecule has 0 aliphatic heterocycles. The van der Waals surface area contributed by atoms with Crippen LogP contribution in [0.2, 0.25) is 0 Å². The summed E-state index contributed by atoms with van der Waals surface area (Å²) < 4.78 is 104. The summed E-state index contributed by atoms with van der Waals surface area (Å²) in [4.78, 5) is 0. The van der Waals surface area contributed by atoms with Gasteiger partial charge >= 0.3 is 12.4 Å². The molecule has 0 aliphatic rings. The largest absolute Gasteiger partial charge is 0.420 e. The second-order valence-corrected chi connectivity index (χ2v) is 6.62. The van der Waals surface area contributed by atoms with Crippen LogP contribution in [0.3, 0.4) is 0 Å². The maximum absolute atomic E-state index is 12.4. The molecule has 0 spiro atoms. The van der Waals surface area contributed by atoms with E-state index in [2.05, 4.69) is 24.5 Å². The fourth-order valence-corrected chi connectivity index (χ4v) is 1.98. The van der Waals surface area contributed by atoms with Gasteiger partial charge in [0.15, 0.2) is 0 Å². The fraction of sp³-hybridized carbons (Fsp3) is 1.00. The summed E-state index contributed by atoms with van der Waals surface area (Å²) in [6.45, 7) is 4.36. The van der Waals surface area contributed by atoms with Gasteiger partial charge in [0.05, 0.1) is 5.75 Å². The Morgan fingerprint density at radius 3 is 1.45 bits per heavy atom. The Balaban J connectivity index is 0. The lowest BCUT2D eigenvalue weighted by atomic mass is 10.1. The summed E-state index contributed by atoms with van der Waals surface area (Å²) in [6.07, 6.45) is -13.2. The first-order valence-corrected chi connectivity index (χ1v) is 7.84. The molecule has 0 heterocycles. The third-order valence-corrected chi connectivity index (χ3v) is 3.10. The summed E-state index contributed by atoms with van der Waals surface area (Å²) >= 11 is 0. The highest BCUT2D eigenvalue weighted by Crippen LogP contribution is 2.39. The lowest BCUT2D eigenvalue weighted by molar-refractivity contribution is -0.250. The Labute approximate surface area is 116 Å². The molecule has 0 saturated carbocycles. The minimum Gasteiger partial charge on any atom is -0.237 e. The van der Waals surface area contributed by atoms with Crippen LogP contribution in [0.5, 0.6) is 0 Å². The molecule has 0 rings (SSSR count). The maximum Gasteiger partial charge on any atom is 0.420 e. The summed E-state index contributed by atoms with van der Waals surface area (Å²) in [5.74, 6) is -5.89. The molecule has 20 heavy (non-hydrogen) atoms. The van der Waals surface area contributed by atoms with Crippen LogP contribution in [-0.4, -0.2) is 32.7 Å². The smallest absolute Gasteiger partial charge is 0.237 e. The molecule has 0 radical (unpaired) electrons. The molecule has 0 aromatic rings. The van der Waals surface area contributed by atoms with Gasteiger partial charge in [0, 0.05) is 10.7 Å². The lowest BCUT2D eigenvalue weighted by Gasteiger charge is -2.23. The third kappa shape index (κ3) is 10.5. The van der Waals surface area contributed by atoms with E-state index in [1.165, 1.54) is 12.8 Å². The molecule has 124 valence electrons. The van der Waals surface area contributed by atoms with Crippen LogP contribution in [0.4, 0.5) is 30.7 Å². The molecule has 0 bridgehead atoms. The first-order chi connectivity index (χ1) is 8.66. The van der Waals surface area contributed by atoms with Gasteiger partial charge in [0.25, 0.3) is 0 Å². The van der Waals surface area contributed by atoms with E-state index in [-0.39, 0.29) is 0 Å². The van der Waals surface area contributed by atoms with Crippen molar-refractivity contribution in [1.82, 2.24) is 0 Å². The van der Waals surface area contributed by atoms with Crippen LogP contribution in [-0.2, 0) is 9.05 Å². The number of hydrogen-bond acceptors (Lipinski definition) is 2. The van der Waals surface area contributed by atoms with E-state index in [9.17, 15) is 39.2 Å². The van der Waals surface area contributed by atoms with E-state index in [0.29, 0.717) is 0 Å². The van der Waals surface area contributed by atoms with Gasteiger partial charge in [-0.25, -0.2) is 12.8 Å². The van der Waals surface area contributed by atoms with Crippen molar-refractivity contribution in [1.29, 1.82) is 0 Å². The van der Waals surface area contributed by atoms with Crippen molar-refractivity contribution in [3.8, 4) is 0 Å². The SMILES string of the molecule is CCCC.O=S(=O)(Cl)CC(C(F)C(F)(F)F)C(F)(F)F. The summed E-state index contributed by atoms with van der Waals surface area (Å²) in [5, 5.41) is 0. The Morgan fingerprint density at radius 2 is 1.30 bits per heavy atom. The summed E-state index contributed by atoms with van der Waals surface area (Å²) in [6, 6.07) is 0. The Hall–Kier alpha value is -0.250. The zero-order valence-corrected chi connectivity index (χ0v) is 12.1. The molecule has 11 heteroatoms. The minimum atomic E-state index is -5.80. The number of alkyl halides is 7. The van der Waals surface area contributed by atoms with Crippen molar-refractivity contribution in [3.63, 3.8) is 0 Å². The van der Waals surface area contributed by atoms with Crippen molar-refractivity contribution in [2.24, 2.45) is 5.92 Å². The Morgan fingerprint density at radius 1 is 0.950 bits per heavy atom. The van der Waals surface area contributed by atoms with E-state index in [0.717, 1.165) is 0 Å². The highest BCUT2D eigenvalue weighted by atomic mass is 35.7. The molecule has 0 aliphatic carbocycles. The zero-order chi connectivity index (χ0) is 16.8. The molecular weight excluding hydrogens is 341 g/mol. The average Bonchev–Trinajstić information content (AvgIpc) is 2.21. The molecule has 2 unspecified atom stereocenters. The molecule has 0 aromatic carbocycles. The van der Waals surface area contributed by atoms with E-state index in [4.69, 9.17) is 0 Å². The van der Waals surface area contributed by atoms with E-state index in [1.54, 1.807) is 0 Å². The summed E-state index contributed by atoms with van der Waals surface area (Å²) in [7, 11) is -0.533. The fourth-order valence-electron chi connectivity index (χ4n) is 0.787. The second-order valence-electron chi connectivity index (χ2n) is 3.80. The van der Waals surface area contributed by atoms with Gasteiger partial charge in [0.2, 0.25) is 15.2 Å². The van der Waals surface area contributed by atoms with Gasteiger partial charge in [-0.3, -0.25) is 0 Å². The average molecular weight is 355 g/mol. The van der Waals surface area contributed by atoms with Crippen LogP contribution >= 0.6 is 10.7 Å². The first kappa shape index (κ1) is 22.0. The van der Waals surface area contributed by atoms with Gasteiger partial charge in [-0.05, 0) is 0 Å². The molecule has 0 aromatic heterocycles. The van der Waals surface area contributed by atoms with Crippen molar-refractivity contribution in [2.45, 2.75) is 45.2 Å². The predicted molar refractivity (Wildman–Crippen MR) is 60.7 cm³/mol. The number of rotatable bonds is 4. The number of hydrogen-bond donors (Lipinski definition) is 0. The lowest BCUT2D eigenvalue weighted by Crippen LogP contribution is -2.43. The highest BCUT2D eigenvalue weighted by Gasteiger charge is 2.57. The Bertz CT molecular complexity index is 361. The standard InChI is InChI=1S/C5H4ClF7O2S.C4H10/c6-16(14,15)1-2(4(8,9)10)3(7)5(11,12)13;1-3-4-2/h2-3H,1H2;3-4H2,1-2H3. The summed E-state index contributed by atoms with van der Waals surface area (Å²) in [5.41, 5.74) is 0. The Kier molecular flexibility index (Phi) is 9.10. The van der Waals surface area contributed by atoms with Gasteiger partial charge in [0.1, 0.15) is 5.92 Å². The van der Waals surface area contributed by atoms with Gasteiger partial charge < -0.3 is 0 Å². The molecule has 0 fully saturated rings. The van der Waals surface area contributed by atoms with Crippen molar-refractivity contribution >= 4 is 19.7 Å².